The second kappa shape index (κ2) is 6.16. The smallest absolute Gasteiger partial charge is 0.330 e. The Morgan fingerprint density at radius 1 is 1.64 bits per heavy atom. The van der Waals surface area contributed by atoms with E-state index in [9.17, 15) is 24.6 Å². The first-order valence-electron chi connectivity index (χ1n) is 6.23. The Morgan fingerprint density at radius 2 is 2.32 bits per heavy atom. The molecular weight excluding hydrogens is 362 g/mol. The lowest BCUT2D eigenvalue weighted by atomic mass is 10.1. The van der Waals surface area contributed by atoms with Gasteiger partial charge in [0, 0.05) is 12.3 Å². The number of halogens is 1. The second-order valence-electron chi connectivity index (χ2n) is 4.73. The Hall–Kier alpha value is -1.75. The molecule has 5 N–H and O–H groups in total. The number of aromatic nitrogens is 2. The number of primary amides is 1. The molecule has 1 aliphatic rings. The van der Waals surface area contributed by atoms with Gasteiger partial charge >= 0.3 is 5.69 Å². The lowest BCUT2D eigenvalue weighted by molar-refractivity contribution is -0.113. The van der Waals surface area contributed by atoms with Crippen molar-refractivity contribution in [2.45, 2.75) is 16.7 Å². The van der Waals surface area contributed by atoms with Crippen molar-refractivity contribution in [3.8, 4) is 0 Å². The van der Waals surface area contributed by atoms with Gasteiger partial charge in [0.25, 0.3) is 5.56 Å². The quantitative estimate of drug-likeness (QED) is 0.347. The largest absolute Gasteiger partial charge is 0.391 e. The maximum atomic E-state index is 12.0. The summed E-state index contributed by atoms with van der Waals surface area (Å²) in [5, 5.41) is 19.4. The van der Waals surface area contributed by atoms with Gasteiger partial charge in [0.15, 0.2) is 5.72 Å². The number of nitrogens with one attached hydrogen (secondary N) is 1. The lowest BCUT2D eigenvalue weighted by Crippen LogP contribution is -2.52. The minimum Gasteiger partial charge on any atom is -0.391 e. The van der Waals surface area contributed by atoms with Crippen LogP contribution in [0.25, 0.3) is 6.08 Å². The molecule has 0 bridgehead atoms. The third-order valence-electron chi connectivity index (χ3n) is 3.30. The first-order valence-corrected chi connectivity index (χ1v) is 7.14. The average molecular weight is 376 g/mol. The van der Waals surface area contributed by atoms with Crippen molar-refractivity contribution in [3.63, 3.8) is 0 Å². The normalized spacial score (nSPS) is 28.3. The van der Waals surface area contributed by atoms with Gasteiger partial charge in [0.2, 0.25) is 5.91 Å². The zero-order valence-corrected chi connectivity index (χ0v) is 12.8. The van der Waals surface area contributed by atoms with Crippen molar-refractivity contribution >= 4 is 27.9 Å². The number of hydrogen-bond donors (Lipinski definition) is 4. The van der Waals surface area contributed by atoms with Crippen LogP contribution in [0.15, 0.2) is 21.9 Å². The van der Waals surface area contributed by atoms with Crippen LogP contribution < -0.4 is 17.0 Å². The summed E-state index contributed by atoms with van der Waals surface area (Å²) in [4.78, 5) is 35.8. The monoisotopic (exact) mass is 375 g/mol. The molecule has 2 rings (SSSR count). The van der Waals surface area contributed by atoms with Crippen LogP contribution in [-0.2, 0) is 15.3 Å². The van der Waals surface area contributed by atoms with Crippen molar-refractivity contribution in [2.75, 3.05) is 13.2 Å². The summed E-state index contributed by atoms with van der Waals surface area (Å²) in [6.07, 6.45) is 2.27. The highest BCUT2D eigenvalue weighted by molar-refractivity contribution is 9.09. The molecule has 120 valence electrons. The molecule has 0 spiro atoms. The van der Waals surface area contributed by atoms with Gasteiger partial charge in [-0.05, 0) is 6.08 Å². The van der Waals surface area contributed by atoms with Crippen LogP contribution in [0.3, 0.4) is 0 Å². The molecule has 1 fully saturated rings. The number of amides is 1. The Labute approximate surface area is 132 Å². The number of nitrogens with zero attached hydrogens (tertiary/aromatic N) is 1. The highest BCUT2D eigenvalue weighted by Crippen LogP contribution is 2.35. The number of H-pyrrole nitrogens is 1. The first kappa shape index (κ1) is 16.6. The fourth-order valence-electron chi connectivity index (χ4n) is 2.16. The third kappa shape index (κ3) is 2.77. The molecule has 1 aromatic rings. The van der Waals surface area contributed by atoms with E-state index in [2.05, 4.69) is 20.9 Å². The predicted octanol–water partition coefficient (Wildman–Crippen LogP) is -2.17. The van der Waals surface area contributed by atoms with Gasteiger partial charge in [-0.25, -0.2) is 4.79 Å². The molecule has 1 aliphatic heterocycles. The maximum absolute atomic E-state index is 12.0. The van der Waals surface area contributed by atoms with E-state index in [4.69, 9.17) is 10.5 Å². The molecule has 0 unspecified atom stereocenters. The van der Waals surface area contributed by atoms with Crippen molar-refractivity contribution in [2.24, 2.45) is 5.73 Å². The van der Waals surface area contributed by atoms with Gasteiger partial charge in [-0.15, -0.1) is 0 Å². The van der Waals surface area contributed by atoms with E-state index in [0.29, 0.717) is 0 Å². The minimum atomic E-state index is -1.57. The number of aliphatic hydroxyl groups excluding tert-OH is 2. The molecule has 2 heterocycles. The molecule has 1 saturated heterocycles. The molecule has 22 heavy (non-hydrogen) atoms. The van der Waals surface area contributed by atoms with Crippen LogP contribution in [0.2, 0.25) is 0 Å². The number of nitrogens with two attached hydrogens (primary N) is 1. The second-order valence-corrected chi connectivity index (χ2v) is 5.72. The van der Waals surface area contributed by atoms with Crippen molar-refractivity contribution < 1.29 is 19.7 Å². The minimum absolute atomic E-state index is 0.0316. The van der Waals surface area contributed by atoms with Gasteiger partial charge in [-0.3, -0.25) is 19.1 Å². The zero-order valence-electron chi connectivity index (χ0n) is 11.2. The lowest BCUT2D eigenvalue weighted by Gasteiger charge is -2.31. The average Bonchev–Trinajstić information content (AvgIpc) is 2.75. The number of aromatic amines is 1. The molecule has 0 saturated carbocycles. The van der Waals surface area contributed by atoms with Crippen LogP contribution in [0.4, 0.5) is 0 Å². The summed E-state index contributed by atoms with van der Waals surface area (Å²) in [6.45, 7) is -0.723. The molecule has 10 heteroatoms. The molecule has 0 aromatic carbocycles. The number of ether oxygens (including phenoxy) is 1. The van der Waals surface area contributed by atoms with Crippen LogP contribution in [-0.4, -0.2) is 49.8 Å². The fraction of sp³-hybridized carbons (Fsp3) is 0.417. The third-order valence-corrected chi connectivity index (χ3v) is 4.63. The van der Waals surface area contributed by atoms with Crippen molar-refractivity contribution in [1.29, 1.82) is 0 Å². The van der Waals surface area contributed by atoms with Gasteiger partial charge in [0.1, 0.15) is 0 Å². The number of carbonyl (C=O) groups is 1. The molecule has 0 aliphatic carbocycles. The SMILES string of the molecule is NC(=O)C=Cc1cn([C@@]2(CO)OC[C@H](O)[C@H]2Br)c(=O)[nH]c1=O. The number of hydrogen-bond acceptors (Lipinski definition) is 6. The fourth-order valence-corrected chi connectivity index (χ4v) is 2.81. The van der Waals surface area contributed by atoms with E-state index in [0.717, 1.165) is 22.9 Å². The van der Waals surface area contributed by atoms with Gasteiger partial charge in [0.05, 0.1) is 29.7 Å². The number of alkyl halides is 1. The summed E-state index contributed by atoms with van der Waals surface area (Å²) in [6, 6.07) is 0. The zero-order chi connectivity index (χ0) is 16.5. The summed E-state index contributed by atoms with van der Waals surface area (Å²) in [5.41, 5.74) is 1.81. The highest BCUT2D eigenvalue weighted by Gasteiger charge is 2.50. The van der Waals surface area contributed by atoms with Crippen molar-refractivity contribution in [1.82, 2.24) is 9.55 Å². The van der Waals surface area contributed by atoms with E-state index < -0.39 is 40.4 Å². The summed E-state index contributed by atoms with van der Waals surface area (Å²) >= 11 is 3.18. The number of carbonyl (C=O) groups excluding carboxylic acids is 1. The van der Waals surface area contributed by atoms with E-state index in [-0.39, 0.29) is 12.2 Å². The molecule has 0 radical (unpaired) electrons. The highest BCUT2D eigenvalue weighted by atomic mass is 79.9. The molecular formula is C12H14BrN3O6. The Bertz CT molecular complexity index is 726. The number of aliphatic hydroxyl groups is 2. The molecule has 9 nitrogen and oxygen atoms in total. The molecule has 1 amide bonds. The summed E-state index contributed by atoms with van der Waals surface area (Å²) < 4.78 is 6.34. The van der Waals surface area contributed by atoms with E-state index in [1.54, 1.807) is 0 Å². The summed E-state index contributed by atoms with van der Waals surface area (Å²) in [5.74, 6) is -0.764. The van der Waals surface area contributed by atoms with Crippen LogP contribution in [0.5, 0.6) is 0 Å². The number of rotatable bonds is 4. The van der Waals surface area contributed by atoms with Crippen LogP contribution in [0.1, 0.15) is 5.56 Å². The van der Waals surface area contributed by atoms with Gasteiger partial charge in [-0.1, -0.05) is 15.9 Å². The molecule has 3 atom stereocenters. The van der Waals surface area contributed by atoms with Gasteiger partial charge in [-0.2, -0.15) is 0 Å². The standard InChI is InChI=1S/C12H14BrN3O6/c13-9-7(18)4-22-12(9,5-17)16-3-6(1-2-8(14)19)10(20)15-11(16)21/h1-3,7,9,17-18H,4-5H2,(H2,14,19)(H,15,20,21)/t7-,9+,12-/m0/s1. The maximum Gasteiger partial charge on any atom is 0.330 e. The van der Waals surface area contributed by atoms with Gasteiger partial charge < -0.3 is 20.7 Å². The summed E-state index contributed by atoms with van der Waals surface area (Å²) in [7, 11) is 0. The Morgan fingerprint density at radius 3 is 2.82 bits per heavy atom. The van der Waals surface area contributed by atoms with Crippen LogP contribution >= 0.6 is 15.9 Å². The van der Waals surface area contributed by atoms with Crippen LogP contribution in [0, 0.1) is 0 Å². The predicted molar refractivity (Wildman–Crippen MR) is 79.3 cm³/mol. The van der Waals surface area contributed by atoms with E-state index >= 15 is 0 Å². The van der Waals surface area contributed by atoms with Crippen molar-refractivity contribution in [3.05, 3.63) is 38.7 Å². The van der Waals surface area contributed by atoms with E-state index in [1.807, 2.05) is 0 Å². The van der Waals surface area contributed by atoms with E-state index in [1.165, 1.54) is 0 Å². The Kier molecular flexibility index (Phi) is 4.66. The Balaban J connectivity index is 2.60. The molecule has 1 aromatic heterocycles. The first-order chi connectivity index (χ1) is 10.3. The topological polar surface area (TPSA) is 148 Å².